The van der Waals surface area contributed by atoms with Crippen molar-refractivity contribution < 1.29 is 8.42 Å². The summed E-state index contributed by atoms with van der Waals surface area (Å²) >= 11 is 9.09. The first-order chi connectivity index (χ1) is 7.86. The van der Waals surface area contributed by atoms with Gasteiger partial charge in [0.25, 0.3) is 0 Å². The van der Waals surface area contributed by atoms with Crippen LogP contribution in [-0.2, 0) is 10.0 Å². The molecule has 0 aliphatic carbocycles. The van der Waals surface area contributed by atoms with Gasteiger partial charge in [-0.25, -0.2) is 13.1 Å². The Bertz CT molecular complexity index is 497. The molecule has 0 fully saturated rings. The number of benzene rings is 1. The van der Waals surface area contributed by atoms with Crippen molar-refractivity contribution in [2.75, 3.05) is 13.6 Å². The van der Waals surface area contributed by atoms with Gasteiger partial charge >= 0.3 is 0 Å². The van der Waals surface area contributed by atoms with Crippen LogP contribution in [0.2, 0.25) is 5.02 Å². The Hall–Kier alpha value is 0.150. The average molecular weight is 378 g/mol. The van der Waals surface area contributed by atoms with Crippen LogP contribution in [0.15, 0.2) is 27.6 Å². The first-order valence-corrected chi connectivity index (χ1v) is 7.64. The molecule has 0 bridgehead atoms. The van der Waals surface area contributed by atoms with Gasteiger partial charge in [-0.05, 0) is 32.2 Å². The lowest BCUT2D eigenvalue weighted by Crippen LogP contribution is -2.37. The fraction of sp³-hybridized carbons (Fsp3) is 0.400. The van der Waals surface area contributed by atoms with E-state index in [0.29, 0.717) is 11.0 Å². The van der Waals surface area contributed by atoms with Crippen molar-refractivity contribution in [1.82, 2.24) is 10.0 Å². The number of hydrogen-bond donors (Lipinski definition) is 2. The van der Waals surface area contributed by atoms with E-state index >= 15 is 0 Å². The van der Waals surface area contributed by atoms with Crippen molar-refractivity contribution in [2.45, 2.75) is 17.9 Å². The Kier molecular flexibility index (Phi) is 7.73. The van der Waals surface area contributed by atoms with Crippen LogP contribution in [0.1, 0.15) is 6.92 Å². The molecule has 1 unspecified atom stereocenters. The molecule has 8 heteroatoms. The zero-order chi connectivity index (χ0) is 13.1. The largest absolute Gasteiger partial charge is 0.316 e. The molecule has 0 spiro atoms. The molecular formula is C10H15BrCl2N2O2S. The highest BCUT2D eigenvalue weighted by Crippen LogP contribution is 2.24. The first-order valence-electron chi connectivity index (χ1n) is 4.99. The quantitative estimate of drug-likeness (QED) is 0.828. The van der Waals surface area contributed by atoms with Gasteiger partial charge in [0.05, 0.1) is 5.02 Å². The third-order valence-electron chi connectivity index (χ3n) is 2.26. The maximum atomic E-state index is 12.0. The summed E-state index contributed by atoms with van der Waals surface area (Å²) in [6, 6.07) is 4.77. The second-order valence-electron chi connectivity index (χ2n) is 3.62. The molecule has 18 heavy (non-hydrogen) atoms. The van der Waals surface area contributed by atoms with E-state index in [2.05, 4.69) is 26.0 Å². The number of likely N-dealkylation sites (N-methyl/N-ethyl adjacent to an activating group) is 1. The Morgan fingerprint density at radius 2 is 2.06 bits per heavy atom. The summed E-state index contributed by atoms with van der Waals surface area (Å²) in [7, 11) is -1.80. The molecule has 0 heterocycles. The van der Waals surface area contributed by atoms with Crippen molar-refractivity contribution in [3.8, 4) is 0 Å². The standard InChI is InChI=1S/C10H14BrClN2O2S.ClH/c1-7(13-2)6-14-17(15,16)10-5-8(11)3-4-9(10)12;/h3-5,7,13-14H,6H2,1-2H3;1H. The molecule has 1 rings (SSSR count). The maximum Gasteiger partial charge on any atom is 0.242 e. The van der Waals surface area contributed by atoms with Gasteiger partial charge < -0.3 is 5.32 Å². The van der Waals surface area contributed by atoms with Crippen LogP contribution in [0.4, 0.5) is 0 Å². The first kappa shape index (κ1) is 18.1. The van der Waals surface area contributed by atoms with Gasteiger partial charge in [0.2, 0.25) is 10.0 Å². The zero-order valence-electron chi connectivity index (χ0n) is 9.91. The average Bonchev–Trinajstić information content (AvgIpc) is 2.29. The third kappa shape index (κ3) is 5.03. The summed E-state index contributed by atoms with van der Waals surface area (Å²) in [5.74, 6) is 0. The fourth-order valence-electron chi connectivity index (χ4n) is 1.10. The molecule has 0 aliphatic heterocycles. The summed E-state index contributed by atoms with van der Waals surface area (Å²) in [6.07, 6.45) is 0. The van der Waals surface area contributed by atoms with Crippen LogP contribution in [0, 0.1) is 0 Å². The van der Waals surface area contributed by atoms with Crippen LogP contribution in [-0.4, -0.2) is 28.1 Å². The lowest BCUT2D eigenvalue weighted by molar-refractivity contribution is 0.554. The molecule has 0 saturated carbocycles. The third-order valence-corrected chi connectivity index (χ3v) is 4.65. The van der Waals surface area contributed by atoms with Crippen molar-refractivity contribution in [3.63, 3.8) is 0 Å². The molecule has 0 aromatic heterocycles. The maximum absolute atomic E-state index is 12.0. The number of nitrogens with one attached hydrogen (secondary N) is 2. The summed E-state index contributed by atoms with van der Waals surface area (Å²) in [4.78, 5) is 0.0804. The summed E-state index contributed by atoms with van der Waals surface area (Å²) in [5.41, 5.74) is 0. The van der Waals surface area contributed by atoms with E-state index in [0.717, 1.165) is 0 Å². The Morgan fingerprint density at radius 1 is 1.44 bits per heavy atom. The van der Waals surface area contributed by atoms with Gasteiger partial charge in [-0.1, -0.05) is 27.5 Å². The van der Waals surface area contributed by atoms with Crippen LogP contribution in [0.5, 0.6) is 0 Å². The number of halogens is 3. The van der Waals surface area contributed by atoms with E-state index in [-0.39, 0.29) is 28.4 Å². The minimum Gasteiger partial charge on any atom is -0.316 e. The van der Waals surface area contributed by atoms with Gasteiger partial charge in [-0.2, -0.15) is 0 Å². The van der Waals surface area contributed by atoms with E-state index in [4.69, 9.17) is 11.6 Å². The molecule has 1 aromatic carbocycles. The van der Waals surface area contributed by atoms with Crippen LogP contribution >= 0.6 is 39.9 Å². The highest BCUT2D eigenvalue weighted by molar-refractivity contribution is 9.10. The molecule has 1 aromatic rings. The van der Waals surface area contributed by atoms with Crippen molar-refractivity contribution in [1.29, 1.82) is 0 Å². The lowest BCUT2D eigenvalue weighted by Gasteiger charge is -2.12. The molecule has 1 atom stereocenters. The van der Waals surface area contributed by atoms with E-state index in [1.54, 1.807) is 19.2 Å². The SMILES string of the molecule is CNC(C)CNS(=O)(=O)c1cc(Br)ccc1Cl.Cl. The number of hydrogen-bond acceptors (Lipinski definition) is 3. The van der Waals surface area contributed by atoms with Crippen molar-refractivity contribution >= 4 is 50.0 Å². The topological polar surface area (TPSA) is 58.2 Å². The molecule has 0 saturated heterocycles. The predicted molar refractivity (Wildman–Crippen MR) is 80.1 cm³/mol. The van der Waals surface area contributed by atoms with Crippen LogP contribution < -0.4 is 10.0 Å². The molecule has 4 nitrogen and oxygen atoms in total. The molecule has 104 valence electrons. The van der Waals surface area contributed by atoms with E-state index in [1.807, 2.05) is 6.92 Å². The number of sulfonamides is 1. The minimum atomic E-state index is -3.57. The Labute approximate surface area is 127 Å². The van der Waals surface area contributed by atoms with Crippen LogP contribution in [0.3, 0.4) is 0 Å². The van der Waals surface area contributed by atoms with Gasteiger partial charge in [-0.15, -0.1) is 12.4 Å². The second kappa shape index (κ2) is 7.67. The lowest BCUT2D eigenvalue weighted by atomic mass is 10.4. The smallest absolute Gasteiger partial charge is 0.242 e. The molecule has 0 radical (unpaired) electrons. The Balaban J connectivity index is 0.00000289. The Morgan fingerprint density at radius 3 is 2.61 bits per heavy atom. The molecule has 0 aliphatic rings. The molecule has 0 amide bonds. The van der Waals surface area contributed by atoms with E-state index in [1.165, 1.54) is 6.07 Å². The summed E-state index contributed by atoms with van der Waals surface area (Å²) in [6.45, 7) is 2.19. The van der Waals surface area contributed by atoms with Crippen molar-refractivity contribution in [3.05, 3.63) is 27.7 Å². The van der Waals surface area contributed by atoms with Crippen molar-refractivity contribution in [2.24, 2.45) is 0 Å². The predicted octanol–water partition coefficient (Wildman–Crippen LogP) is 2.41. The summed E-state index contributed by atoms with van der Waals surface area (Å²) in [5, 5.41) is 3.15. The molecule has 2 N–H and O–H groups in total. The highest BCUT2D eigenvalue weighted by Gasteiger charge is 2.18. The minimum absolute atomic E-state index is 0. The number of rotatable bonds is 5. The van der Waals surface area contributed by atoms with Gasteiger partial charge in [-0.3, -0.25) is 0 Å². The van der Waals surface area contributed by atoms with E-state index in [9.17, 15) is 8.42 Å². The summed E-state index contributed by atoms with van der Waals surface area (Å²) < 4.78 is 27.1. The molecular weight excluding hydrogens is 363 g/mol. The zero-order valence-corrected chi connectivity index (χ0v) is 13.9. The fourth-order valence-corrected chi connectivity index (χ4v) is 3.26. The van der Waals surface area contributed by atoms with Gasteiger partial charge in [0.15, 0.2) is 0 Å². The van der Waals surface area contributed by atoms with Gasteiger partial charge in [0, 0.05) is 17.1 Å². The normalized spacial score (nSPS) is 12.9. The monoisotopic (exact) mass is 376 g/mol. The van der Waals surface area contributed by atoms with Gasteiger partial charge in [0.1, 0.15) is 4.90 Å². The van der Waals surface area contributed by atoms with E-state index < -0.39 is 10.0 Å². The highest BCUT2D eigenvalue weighted by atomic mass is 79.9. The second-order valence-corrected chi connectivity index (χ2v) is 6.67. The van der Waals surface area contributed by atoms with Crippen LogP contribution in [0.25, 0.3) is 0 Å².